The van der Waals surface area contributed by atoms with Gasteiger partial charge in [-0.25, -0.2) is 5.43 Å². The highest BCUT2D eigenvalue weighted by Crippen LogP contribution is 2.25. The van der Waals surface area contributed by atoms with Crippen molar-refractivity contribution >= 4 is 28.8 Å². The molecule has 0 unspecified atom stereocenters. The summed E-state index contributed by atoms with van der Waals surface area (Å²) in [5, 5.41) is 15.8. The minimum Gasteiger partial charge on any atom is -0.507 e. The van der Waals surface area contributed by atoms with Crippen LogP contribution in [0.3, 0.4) is 0 Å². The molecule has 0 aliphatic carbocycles. The zero-order chi connectivity index (χ0) is 17.6. The highest BCUT2D eigenvalue weighted by Gasteiger charge is 2.18. The Labute approximate surface area is 146 Å². The molecule has 0 saturated carbocycles. The van der Waals surface area contributed by atoms with Crippen molar-refractivity contribution in [2.45, 2.75) is 25.7 Å². The summed E-state index contributed by atoms with van der Waals surface area (Å²) in [5.41, 5.74) is 2.98. The molecule has 2 aromatic carbocycles. The molecule has 6 nitrogen and oxygen atoms in total. The molecular formula is C19H21N3O3. The van der Waals surface area contributed by atoms with Crippen molar-refractivity contribution in [3.05, 3.63) is 42.0 Å². The van der Waals surface area contributed by atoms with Crippen LogP contribution in [0.15, 0.2) is 41.5 Å². The van der Waals surface area contributed by atoms with Crippen LogP contribution in [0.2, 0.25) is 0 Å². The summed E-state index contributed by atoms with van der Waals surface area (Å²) in [6, 6.07) is 11.0. The lowest BCUT2D eigenvalue weighted by Gasteiger charge is -2.18. The van der Waals surface area contributed by atoms with E-state index in [0.29, 0.717) is 18.5 Å². The molecule has 1 aliphatic rings. The number of phenols is 1. The fourth-order valence-electron chi connectivity index (χ4n) is 3.00. The Hall–Kier alpha value is -2.89. The lowest BCUT2D eigenvalue weighted by Crippen LogP contribution is -2.39. The second kappa shape index (κ2) is 7.79. The molecule has 2 N–H and O–H groups in total. The topological polar surface area (TPSA) is 82.0 Å². The van der Waals surface area contributed by atoms with Gasteiger partial charge < -0.3 is 10.0 Å². The van der Waals surface area contributed by atoms with E-state index in [1.165, 1.54) is 6.21 Å². The van der Waals surface area contributed by atoms with Gasteiger partial charge in [-0.05, 0) is 29.7 Å². The zero-order valence-corrected chi connectivity index (χ0v) is 13.9. The summed E-state index contributed by atoms with van der Waals surface area (Å²) in [6.07, 6.45) is 4.75. The number of nitrogens with zero attached hydrogens (tertiary/aromatic N) is 2. The van der Waals surface area contributed by atoms with Crippen molar-refractivity contribution in [1.29, 1.82) is 0 Å². The van der Waals surface area contributed by atoms with Crippen molar-refractivity contribution in [3.8, 4) is 5.75 Å². The first-order valence-corrected chi connectivity index (χ1v) is 8.45. The number of likely N-dealkylation sites (tertiary alicyclic amines) is 1. The number of phenolic OH excluding ortho intramolecular Hbond substituents is 1. The van der Waals surface area contributed by atoms with Crippen LogP contribution in [0.1, 0.15) is 31.2 Å². The second-order valence-electron chi connectivity index (χ2n) is 6.14. The highest BCUT2D eigenvalue weighted by molar-refractivity contribution is 6.02. The Kier molecular flexibility index (Phi) is 5.28. The first kappa shape index (κ1) is 17.0. The molecule has 1 heterocycles. The van der Waals surface area contributed by atoms with Gasteiger partial charge in [-0.3, -0.25) is 9.59 Å². The Morgan fingerprint density at radius 1 is 1.20 bits per heavy atom. The van der Waals surface area contributed by atoms with Crippen molar-refractivity contribution in [2.24, 2.45) is 5.10 Å². The summed E-state index contributed by atoms with van der Waals surface area (Å²) in [5.74, 6) is -0.228. The first-order valence-electron chi connectivity index (χ1n) is 8.45. The molecule has 0 spiro atoms. The predicted molar refractivity (Wildman–Crippen MR) is 96.4 cm³/mol. The Morgan fingerprint density at radius 2 is 2.04 bits per heavy atom. The SMILES string of the molecule is O=C(CN1CCCCCC1=O)N/N=C/c1c(O)ccc2ccccc12. The molecule has 2 amide bonds. The molecule has 0 bridgehead atoms. The van der Waals surface area contributed by atoms with E-state index in [1.54, 1.807) is 11.0 Å². The molecule has 0 aromatic heterocycles. The lowest BCUT2D eigenvalue weighted by atomic mass is 10.0. The number of hydrazone groups is 1. The molecular weight excluding hydrogens is 318 g/mol. The average molecular weight is 339 g/mol. The molecule has 1 fully saturated rings. The van der Waals surface area contributed by atoms with E-state index in [0.717, 1.165) is 30.0 Å². The first-order chi connectivity index (χ1) is 12.1. The maximum Gasteiger partial charge on any atom is 0.259 e. The quantitative estimate of drug-likeness (QED) is 0.663. The molecule has 25 heavy (non-hydrogen) atoms. The Bertz CT molecular complexity index is 817. The summed E-state index contributed by atoms with van der Waals surface area (Å²) in [6.45, 7) is 0.623. The lowest BCUT2D eigenvalue weighted by molar-refractivity contribution is -0.135. The van der Waals surface area contributed by atoms with Gasteiger partial charge in [0.15, 0.2) is 0 Å². The fraction of sp³-hybridized carbons (Fsp3) is 0.316. The molecule has 130 valence electrons. The van der Waals surface area contributed by atoms with Gasteiger partial charge in [-0.2, -0.15) is 5.10 Å². The second-order valence-corrected chi connectivity index (χ2v) is 6.14. The van der Waals surface area contributed by atoms with Gasteiger partial charge in [0.05, 0.1) is 6.21 Å². The van der Waals surface area contributed by atoms with Crippen LogP contribution >= 0.6 is 0 Å². The fourth-order valence-corrected chi connectivity index (χ4v) is 3.00. The van der Waals surface area contributed by atoms with Gasteiger partial charge >= 0.3 is 0 Å². The van der Waals surface area contributed by atoms with Crippen molar-refractivity contribution in [3.63, 3.8) is 0 Å². The van der Waals surface area contributed by atoms with Crippen molar-refractivity contribution < 1.29 is 14.7 Å². The van der Waals surface area contributed by atoms with Crippen LogP contribution in [0, 0.1) is 0 Å². The standard InChI is InChI=1S/C19H21N3O3/c23-17-10-9-14-6-3-4-7-15(14)16(17)12-20-21-18(24)13-22-11-5-1-2-8-19(22)25/h3-4,6-7,9-10,12,23H,1-2,5,8,11,13H2,(H,21,24)/b20-12+. The van der Waals surface area contributed by atoms with Gasteiger partial charge in [0.1, 0.15) is 12.3 Å². The smallest absolute Gasteiger partial charge is 0.259 e. The summed E-state index contributed by atoms with van der Waals surface area (Å²) in [7, 11) is 0. The van der Waals surface area contributed by atoms with Gasteiger partial charge in [-0.1, -0.05) is 36.8 Å². The van der Waals surface area contributed by atoms with Crippen LogP contribution in [0.4, 0.5) is 0 Å². The molecule has 0 radical (unpaired) electrons. The van der Waals surface area contributed by atoms with Gasteiger partial charge in [-0.15, -0.1) is 0 Å². The number of hydrogen-bond acceptors (Lipinski definition) is 4. The number of amides is 2. The monoisotopic (exact) mass is 339 g/mol. The average Bonchev–Trinajstić information content (AvgIpc) is 2.81. The molecule has 6 heteroatoms. The number of fused-ring (bicyclic) bond motifs is 1. The van der Waals surface area contributed by atoms with E-state index in [1.807, 2.05) is 30.3 Å². The number of aromatic hydroxyl groups is 1. The third kappa shape index (κ3) is 4.15. The molecule has 1 aliphatic heterocycles. The predicted octanol–water partition coefficient (Wildman–Crippen LogP) is 2.40. The summed E-state index contributed by atoms with van der Waals surface area (Å²) in [4.78, 5) is 25.5. The molecule has 0 atom stereocenters. The number of hydrogen-bond donors (Lipinski definition) is 2. The van der Waals surface area contributed by atoms with Crippen molar-refractivity contribution in [2.75, 3.05) is 13.1 Å². The zero-order valence-electron chi connectivity index (χ0n) is 13.9. The van der Waals surface area contributed by atoms with Crippen LogP contribution < -0.4 is 5.43 Å². The molecule has 3 rings (SSSR count). The normalized spacial score (nSPS) is 15.5. The summed E-state index contributed by atoms with van der Waals surface area (Å²) < 4.78 is 0. The Morgan fingerprint density at radius 3 is 2.92 bits per heavy atom. The summed E-state index contributed by atoms with van der Waals surface area (Å²) >= 11 is 0. The number of benzene rings is 2. The van der Waals surface area contributed by atoms with E-state index in [4.69, 9.17) is 0 Å². The van der Waals surface area contributed by atoms with Gasteiger partial charge in [0.2, 0.25) is 5.91 Å². The third-order valence-corrected chi connectivity index (χ3v) is 4.34. The maximum atomic E-state index is 12.0. The highest BCUT2D eigenvalue weighted by atomic mass is 16.3. The number of carbonyl (C=O) groups excluding carboxylic acids is 2. The maximum absolute atomic E-state index is 12.0. The van der Waals surface area contributed by atoms with Crippen LogP contribution in [0.25, 0.3) is 10.8 Å². The van der Waals surface area contributed by atoms with E-state index in [-0.39, 0.29) is 24.1 Å². The van der Waals surface area contributed by atoms with E-state index in [9.17, 15) is 14.7 Å². The number of rotatable bonds is 4. The van der Waals surface area contributed by atoms with Gasteiger partial charge in [0.25, 0.3) is 5.91 Å². The van der Waals surface area contributed by atoms with Crippen molar-refractivity contribution in [1.82, 2.24) is 10.3 Å². The number of nitrogens with one attached hydrogen (secondary N) is 1. The third-order valence-electron chi connectivity index (χ3n) is 4.34. The largest absolute Gasteiger partial charge is 0.507 e. The number of carbonyl (C=O) groups is 2. The van der Waals surface area contributed by atoms with E-state index in [2.05, 4.69) is 10.5 Å². The van der Waals surface area contributed by atoms with Crippen LogP contribution in [0.5, 0.6) is 5.75 Å². The minimum absolute atomic E-state index is 0.0116. The molecule has 2 aromatic rings. The minimum atomic E-state index is -0.341. The Balaban J connectivity index is 1.66. The molecule has 1 saturated heterocycles. The van der Waals surface area contributed by atoms with E-state index < -0.39 is 0 Å². The van der Waals surface area contributed by atoms with Gasteiger partial charge in [0, 0.05) is 18.5 Å². The van der Waals surface area contributed by atoms with E-state index >= 15 is 0 Å². The van der Waals surface area contributed by atoms with Crippen LogP contribution in [-0.4, -0.2) is 41.1 Å². The van der Waals surface area contributed by atoms with Crippen LogP contribution in [-0.2, 0) is 9.59 Å².